The van der Waals surface area contributed by atoms with Gasteiger partial charge >= 0.3 is 0 Å². The second-order valence-electron chi connectivity index (χ2n) is 13.3. The van der Waals surface area contributed by atoms with Gasteiger partial charge in [-0.25, -0.2) is 0 Å². The molecule has 11 aromatic rings. The Kier molecular flexibility index (Phi) is 5.70. The fourth-order valence-electron chi connectivity index (χ4n) is 7.93. The largest absolute Gasteiger partial charge is 0.452 e. The lowest BCUT2D eigenvalue weighted by Crippen LogP contribution is -1.85. The van der Waals surface area contributed by atoms with Crippen LogP contribution in [-0.4, -0.2) is 0 Å². The standard InChI is InChI=1S/C48H28O2/c1-2-8-32-25-33(18-15-29(32)7-1)35-20-24-46-44(27-35)41-22-21-40-43-26-34(19-23-45(43)49-47(40)48(41)50-46)30-13-16-31(17-14-30)42-28-36-9-3-4-10-37(36)38-11-5-6-12-39(38)42/h1-28H. The molecule has 0 saturated heterocycles. The fourth-order valence-corrected chi connectivity index (χ4v) is 7.93. The third kappa shape index (κ3) is 4.09. The van der Waals surface area contributed by atoms with Crippen LogP contribution in [-0.2, 0) is 0 Å². The Balaban J connectivity index is 0.988. The highest BCUT2D eigenvalue weighted by molar-refractivity contribution is 6.20. The van der Waals surface area contributed by atoms with Crippen molar-refractivity contribution >= 4 is 76.2 Å². The third-order valence-electron chi connectivity index (χ3n) is 10.5. The van der Waals surface area contributed by atoms with Crippen LogP contribution < -0.4 is 0 Å². The lowest BCUT2D eigenvalue weighted by atomic mass is 9.92. The SMILES string of the molecule is c1ccc2cc(-c3ccc4oc5c(ccc6c7cc(-c8ccc(-c9cc%10ccccc%10c%10ccccc9%10)cc8)ccc7oc65)c4c3)ccc2c1. The molecule has 0 aliphatic rings. The maximum atomic E-state index is 6.51. The summed E-state index contributed by atoms with van der Waals surface area (Å²) in [6.07, 6.45) is 0. The van der Waals surface area contributed by atoms with E-state index in [9.17, 15) is 0 Å². The number of fused-ring (bicyclic) bond motifs is 11. The van der Waals surface area contributed by atoms with Gasteiger partial charge in [0.25, 0.3) is 0 Å². The molecule has 0 bridgehead atoms. The van der Waals surface area contributed by atoms with Gasteiger partial charge in [-0.15, -0.1) is 0 Å². The highest BCUT2D eigenvalue weighted by Gasteiger charge is 2.17. The zero-order chi connectivity index (χ0) is 32.8. The highest BCUT2D eigenvalue weighted by Crippen LogP contribution is 2.41. The minimum Gasteiger partial charge on any atom is -0.452 e. The zero-order valence-corrected chi connectivity index (χ0v) is 27.0. The van der Waals surface area contributed by atoms with Gasteiger partial charge in [0.15, 0.2) is 11.2 Å². The predicted molar refractivity (Wildman–Crippen MR) is 210 cm³/mol. The summed E-state index contributed by atoms with van der Waals surface area (Å²) in [4.78, 5) is 0. The van der Waals surface area contributed by atoms with Crippen molar-refractivity contribution in [3.63, 3.8) is 0 Å². The summed E-state index contributed by atoms with van der Waals surface area (Å²) in [5, 5.41) is 11.9. The van der Waals surface area contributed by atoms with Gasteiger partial charge in [-0.05, 0) is 114 Å². The van der Waals surface area contributed by atoms with E-state index in [-0.39, 0.29) is 0 Å². The molecule has 0 amide bonds. The number of hydrogen-bond donors (Lipinski definition) is 0. The first-order valence-electron chi connectivity index (χ1n) is 17.1. The molecular weight excluding hydrogens is 609 g/mol. The van der Waals surface area contributed by atoms with E-state index < -0.39 is 0 Å². The van der Waals surface area contributed by atoms with Crippen LogP contribution in [0, 0.1) is 0 Å². The number of rotatable bonds is 3. The Morgan fingerprint density at radius 1 is 0.260 bits per heavy atom. The molecule has 0 unspecified atom stereocenters. The maximum absolute atomic E-state index is 6.51. The summed E-state index contributed by atoms with van der Waals surface area (Å²) in [5.41, 5.74) is 10.4. The summed E-state index contributed by atoms with van der Waals surface area (Å²) < 4.78 is 13.0. The van der Waals surface area contributed by atoms with Gasteiger partial charge in [-0.1, -0.05) is 121 Å². The van der Waals surface area contributed by atoms with Crippen molar-refractivity contribution in [1.82, 2.24) is 0 Å². The van der Waals surface area contributed by atoms with Gasteiger partial charge < -0.3 is 8.83 Å². The first-order valence-corrected chi connectivity index (χ1v) is 17.1. The first kappa shape index (κ1) is 27.3. The lowest BCUT2D eigenvalue weighted by Gasteiger charge is -2.12. The molecule has 0 radical (unpaired) electrons. The summed E-state index contributed by atoms with van der Waals surface area (Å²) in [7, 11) is 0. The van der Waals surface area contributed by atoms with Crippen molar-refractivity contribution in [2.24, 2.45) is 0 Å². The molecule has 0 atom stereocenters. The summed E-state index contributed by atoms with van der Waals surface area (Å²) in [6.45, 7) is 0. The Bertz CT molecular complexity index is 3140. The van der Waals surface area contributed by atoms with Gasteiger partial charge in [0.1, 0.15) is 11.2 Å². The van der Waals surface area contributed by atoms with E-state index in [0.29, 0.717) is 0 Å². The van der Waals surface area contributed by atoms with Crippen LogP contribution in [0.1, 0.15) is 0 Å². The predicted octanol–water partition coefficient (Wildman–Crippen LogP) is 13.9. The van der Waals surface area contributed by atoms with Crippen molar-refractivity contribution in [3.8, 4) is 33.4 Å². The quantitative estimate of drug-likeness (QED) is 0.180. The second-order valence-corrected chi connectivity index (χ2v) is 13.3. The monoisotopic (exact) mass is 636 g/mol. The minimum absolute atomic E-state index is 0.789. The van der Waals surface area contributed by atoms with Crippen LogP contribution in [0.3, 0.4) is 0 Å². The minimum atomic E-state index is 0.789. The average Bonchev–Trinajstić information content (AvgIpc) is 3.75. The van der Waals surface area contributed by atoms with Gasteiger partial charge in [0.05, 0.1) is 0 Å². The van der Waals surface area contributed by atoms with Gasteiger partial charge in [-0.2, -0.15) is 0 Å². The van der Waals surface area contributed by atoms with Crippen molar-refractivity contribution < 1.29 is 8.83 Å². The second kappa shape index (κ2) is 10.4. The molecule has 11 rings (SSSR count). The maximum Gasteiger partial charge on any atom is 0.178 e. The highest BCUT2D eigenvalue weighted by atomic mass is 16.4. The molecule has 0 fully saturated rings. The third-order valence-corrected chi connectivity index (χ3v) is 10.5. The molecule has 2 aromatic heterocycles. The van der Waals surface area contributed by atoms with Crippen LogP contribution in [0.2, 0.25) is 0 Å². The molecule has 0 aliphatic heterocycles. The van der Waals surface area contributed by atoms with Crippen molar-refractivity contribution in [3.05, 3.63) is 170 Å². The summed E-state index contributed by atoms with van der Waals surface area (Å²) in [6, 6.07) is 61.0. The molecule has 2 nitrogen and oxygen atoms in total. The van der Waals surface area contributed by atoms with Gasteiger partial charge in [-0.3, -0.25) is 0 Å². The number of benzene rings is 9. The first-order chi connectivity index (χ1) is 24.7. The van der Waals surface area contributed by atoms with Crippen LogP contribution in [0.5, 0.6) is 0 Å². The summed E-state index contributed by atoms with van der Waals surface area (Å²) >= 11 is 0. The van der Waals surface area contributed by atoms with E-state index in [1.54, 1.807) is 0 Å². The van der Waals surface area contributed by atoms with E-state index >= 15 is 0 Å². The zero-order valence-electron chi connectivity index (χ0n) is 27.0. The fraction of sp³-hybridized carbons (Fsp3) is 0. The Hall–Kier alpha value is -6.64. The number of furan rings is 2. The van der Waals surface area contributed by atoms with E-state index in [0.717, 1.165) is 49.4 Å². The van der Waals surface area contributed by atoms with E-state index in [1.165, 1.54) is 60.1 Å². The van der Waals surface area contributed by atoms with Crippen LogP contribution >= 0.6 is 0 Å². The topological polar surface area (TPSA) is 26.3 Å². The van der Waals surface area contributed by atoms with Crippen LogP contribution in [0.4, 0.5) is 0 Å². The van der Waals surface area contributed by atoms with E-state index in [2.05, 4.69) is 170 Å². The van der Waals surface area contributed by atoms with E-state index in [4.69, 9.17) is 8.83 Å². The number of hydrogen-bond acceptors (Lipinski definition) is 2. The Morgan fingerprint density at radius 3 is 1.46 bits per heavy atom. The van der Waals surface area contributed by atoms with E-state index in [1.807, 2.05) is 0 Å². The molecule has 0 N–H and O–H groups in total. The summed E-state index contributed by atoms with van der Waals surface area (Å²) in [5.74, 6) is 0. The normalized spacial score (nSPS) is 12.0. The average molecular weight is 637 g/mol. The Morgan fingerprint density at radius 2 is 0.760 bits per heavy atom. The van der Waals surface area contributed by atoms with Gasteiger partial charge in [0, 0.05) is 21.5 Å². The van der Waals surface area contributed by atoms with Crippen LogP contribution in [0.25, 0.3) is 110 Å². The molecule has 9 aromatic carbocycles. The van der Waals surface area contributed by atoms with Crippen molar-refractivity contribution in [1.29, 1.82) is 0 Å². The Labute approximate surface area is 287 Å². The van der Waals surface area contributed by atoms with Crippen LogP contribution in [0.15, 0.2) is 179 Å². The lowest BCUT2D eigenvalue weighted by molar-refractivity contribution is 0.633. The van der Waals surface area contributed by atoms with Gasteiger partial charge in [0.2, 0.25) is 0 Å². The smallest absolute Gasteiger partial charge is 0.178 e. The molecule has 2 heteroatoms. The molecule has 0 spiro atoms. The molecular formula is C48H28O2. The van der Waals surface area contributed by atoms with Crippen molar-refractivity contribution in [2.45, 2.75) is 0 Å². The molecule has 0 aliphatic carbocycles. The molecule has 50 heavy (non-hydrogen) atoms. The molecule has 2 heterocycles. The molecule has 232 valence electrons. The molecule has 0 saturated carbocycles. The van der Waals surface area contributed by atoms with Crippen molar-refractivity contribution in [2.75, 3.05) is 0 Å².